The van der Waals surface area contributed by atoms with E-state index in [1.54, 1.807) is 0 Å². The molecule has 13 heavy (non-hydrogen) atoms. The molecule has 1 aliphatic rings. The largest absolute Gasteiger partial charge is 0.324 e. The zero-order valence-electron chi connectivity index (χ0n) is 7.29. The summed E-state index contributed by atoms with van der Waals surface area (Å²) >= 11 is 5.45. The van der Waals surface area contributed by atoms with Gasteiger partial charge in [-0.1, -0.05) is 22.0 Å². The highest BCUT2D eigenvalue weighted by atomic mass is 79.9. The summed E-state index contributed by atoms with van der Waals surface area (Å²) in [4.78, 5) is 0. The van der Waals surface area contributed by atoms with Crippen LogP contribution in [0.5, 0.6) is 0 Å². The van der Waals surface area contributed by atoms with Crippen LogP contribution in [-0.4, -0.2) is 5.75 Å². The maximum absolute atomic E-state index is 6.08. The van der Waals surface area contributed by atoms with Crippen molar-refractivity contribution in [2.45, 2.75) is 18.2 Å². The molecule has 0 radical (unpaired) electrons. The van der Waals surface area contributed by atoms with Gasteiger partial charge in [-0.3, -0.25) is 0 Å². The summed E-state index contributed by atoms with van der Waals surface area (Å²) in [5.74, 6) is 2.28. The summed E-state index contributed by atoms with van der Waals surface area (Å²) < 4.78 is 1.13. The van der Waals surface area contributed by atoms with Gasteiger partial charge in [0, 0.05) is 16.3 Å². The number of thioether (sulfide) groups is 1. The van der Waals surface area contributed by atoms with Gasteiger partial charge in [-0.15, -0.1) is 0 Å². The Kier molecular flexibility index (Phi) is 2.96. The predicted molar refractivity (Wildman–Crippen MR) is 61.8 cm³/mol. The SMILES string of the molecule is N[C@@H]1CCSCc2ccc(Br)cc21. The lowest BCUT2D eigenvalue weighted by atomic mass is 10.0. The molecule has 3 heteroatoms. The second kappa shape index (κ2) is 4.03. The smallest absolute Gasteiger partial charge is 0.0306 e. The summed E-state index contributed by atoms with van der Waals surface area (Å²) in [6.45, 7) is 0. The van der Waals surface area contributed by atoms with Crippen LogP contribution in [0.3, 0.4) is 0 Å². The molecule has 0 saturated heterocycles. The van der Waals surface area contributed by atoms with Gasteiger partial charge >= 0.3 is 0 Å². The fraction of sp³-hybridized carbons (Fsp3) is 0.400. The van der Waals surface area contributed by atoms with E-state index in [0.29, 0.717) is 0 Å². The van der Waals surface area contributed by atoms with Crippen LogP contribution in [0.15, 0.2) is 22.7 Å². The molecular weight excluding hydrogens is 246 g/mol. The van der Waals surface area contributed by atoms with Gasteiger partial charge < -0.3 is 5.73 Å². The van der Waals surface area contributed by atoms with E-state index in [9.17, 15) is 0 Å². The number of hydrogen-bond donors (Lipinski definition) is 1. The Morgan fingerprint density at radius 1 is 1.46 bits per heavy atom. The summed E-state index contributed by atoms with van der Waals surface area (Å²) in [5.41, 5.74) is 8.80. The first-order valence-electron chi connectivity index (χ1n) is 4.39. The first kappa shape index (κ1) is 9.56. The monoisotopic (exact) mass is 257 g/mol. The van der Waals surface area contributed by atoms with Crippen LogP contribution in [0.2, 0.25) is 0 Å². The quantitative estimate of drug-likeness (QED) is 0.773. The van der Waals surface area contributed by atoms with Gasteiger partial charge in [0.15, 0.2) is 0 Å². The Morgan fingerprint density at radius 2 is 2.31 bits per heavy atom. The van der Waals surface area contributed by atoms with Crippen LogP contribution >= 0.6 is 27.7 Å². The normalized spacial score (nSPS) is 22.2. The van der Waals surface area contributed by atoms with Crippen molar-refractivity contribution in [3.63, 3.8) is 0 Å². The average molecular weight is 258 g/mol. The van der Waals surface area contributed by atoms with Crippen LogP contribution in [0.4, 0.5) is 0 Å². The summed E-state index contributed by atoms with van der Waals surface area (Å²) in [6, 6.07) is 6.66. The first-order valence-corrected chi connectivity index (χ1v) is 6.34. The second-order valence-electron chi connectivity index (χ2n) is 3.29. The van der Waals surface area contributed by atoms with E-state index in [4.69, 9.17) is 5.73 Å². The van der Waals surface area contributed by atoms with Crippen molar-refractivity contribution >= 4 is 27.7 Å². The van der Waals surface area contributed by atoms with Gasteiger partial charge in [-0.2, -0.15) is 11.8 Å². The molecule has 1 heterocycles. The summed E-state index contributed by atoms with van der Waals surface area (Å²) in [7, 11) is 0. The van der Waals surface area contributed by atoms with Crippen LogP contribution in [0.1, 0.15) is 23.6 Å². The van der Waals surface area contributed by atoms with Gasteiger partial charge in [0.25, 0.3) is 0 Å². The van der Waals surface area contributed by atoms with E-state index in [2.05, 4.69) is 34.1 Å². The summed E-state index contributed by atoms with van der Waals surface area (Å²) in [6.07, 6.45) is 1.09. The van der Waals surface area contributed by atoms with Gasteiger partial charge in [0.05, 0.1) is 0 Å². The lowest BCUT2D eigenvalue weighted by Gasteiger charge is -2.11. The minimum absolute atomic E-state index is 0.225. The highest BCUT2D eigenvalue weighted by molar-refractivity contribution is 9.10. The van der Waals surface area contributed by atoms with E-state index < -0.39 is 0 Å². The molecule has 0 saturated carbocycles. The zero-order chi connectivity index (χ0) is 9.26. The number of nitrogens with two attached hydrogens (primary N) is 1. The molecule has 0 amide bonds. The van der Waals surface area contributed by atoms with Crippen LogP contribution in [0.25, 0.3) is 0 Å². The Balaban J connectivity index is 2.43. The third-order valence-electron chi connectivity index (χ3n) is 2.34. The van der Waals surface area contributed by atoms with E-state index in [1.165, 1.54) is 16.9 Å². The lowest BCUT2D eigenvalue weighted by molar-refractivity contribution is 0.705. The maximum atomic E-state index is 6.08. The van der Waals surface area contributed by atoms with E-state index >= 15 is 0 Å². The fourth-order valence-electron chi connectivity index (χ4n) is 1.59. The molecule has 1 aliphatic heterocycles. The van der Waals surface area contributed by atoms with Crippen molar-refractivity contribution < 1.29 is 0 Å². The van der Waals surface area contributed by atoms with Crippen LogP contribution in [-0.2, 0) is 5.75 Å². The van der Waals surface area contributed by atoms with Crippen LogP contribution in [0, 0.1) is 0 Å². The molecule has 0 aliphatic carbocycles. The lowest BCUT2D eigenvalue weighted by Crippen LogP contribution is -2.11. The number of halogens is 1. The molecule has 1 aromatic carbocycles. The number of hydrogen-bond acceptors (Lipinski definition) is 2. The molecule has 0 spiro atoms. The average Bonchev–Trinajstić information content (AvgIpc) is 2.29. The van der Waals surface area contributed by atoms with Crippen molar-refractivity contribution in [2.75, 3.05) is 5.75 Å². The van der Waals surface area contributed by atoms with Gasteiger partial charge in [-0.05, 0) is 35.4 Å². The van der Waals surface area contributed by atoms with Gasteiger partial charge in [-0.25, -0.2) is 0 Å². The Labute approximate surface area is 91.2 Å². The highest BCUT2D eigenvalue weighted by Crippen LogP contribution is 2.30. The zero-order valence-corrected chi connectivity index (χ0v) is 9.70. The van der Waals surface area contributed by atoms with Crippen molar-refractivity contribution in [3.05, 3.63) is 33.8 Å². The molecule has 0 bridgehead atoms. The molecule has 2 N–H and O–H groups in total. The number of rotatable bonds is 0. The highest BCUT2D eigenvalue weighted by Gasteiger charge is 2.14. The minimum Gasteiger partial charge on any atom is -0.324 e. The van der Waals surface area contributed by atoms with E-state index in [0.717, 1.165) is 16.6 Å². The maximum Gasteiger partial charge on any atom is 0.0306 e. The molecule has 2 rings (SSSR count). The van der Waals surface area contributed by atoms with Crippen LogP contribution < -0.4 is 5.73 Å². The molecule has 0 fully saturated rings. The Hall–Kier alpha value is 0.01000. The second-order valence-corrected chi connectivity index (χ2v) is 5.31. The number of benzene rings is 1. The van der Waals surface area contributed by atoms with E-state index in [1.807, 2.05) is 11.8 Å². The standard InChI is InChI=1S/C10H12BrNS/c11-8-2-1-7-6-13-4-3-10(12)9(7)5-8/h1-2,5,10H,3-4,6,12H2/t10-/m1/s1. The Bertz CT molecular complexity index is 314. The molecule has 0 aromatic heterocycles. The molecule has 1 nitrogen and oxygen atoms in total. The molecule has 1 aromatic rings. The van der Waals surface area contributed by atoms with E-state index in [-0.39, 0.29) is 6.04 Å². The minimum atomic E-state index is 0.225. The fourth-order valence-corrected chi connectivity index (χ4v) is 3.02. The van der Waals surface area contributed by atoms with Crippen molar-refractivity contribution in [3.8, 4) is 0 Å². The van der Waals surface area contributed by atoms with Gasteiger partial charge in [0.1, 0.15) is 0 Å². The number of fused-ring (bicyclic) bond motifs is 1. The predicted octanol–water partition coefficient (Wildman–Crippen LogP) is 3.09. The molecule has 0 unspecified atom stereocenters. The summed E-state index contributed by atoms with van der Waals surface area (Å²) in [5, 5.41) is 0. The Morgan fingerprint density at radius 3 is 3.15 bits per heavy atom. The third kappa shape index (κ3) is 2.09. The van der Waals surface area contributed by atoms with Crippen molar-refractivity contribution in [1.29, 1.82) is 0 Å². The molecular formula is C10H12BrNS. The molecule has 1 atom stereocenters. The van der Waals surface area contributed by atoms with Crippen molar-refractivity contribution in [1.82, 2.24) is 0 Å². The topological polar surface area (TPSA) is 26.0 Å². The van der Waals surface area contributed by atoms with Gasteiger partial charge in [0.2, 0.25) is 0 Å². The molecule has 70 valence electrons. The third-order valence-corrected chi connectivity index (χ3v) is 3.87. The van der Waals surface area contributed by atoms with Crippen molar-refractivity contribution in [2.24, 2.45) is 5.73 Å². The first-order chi connectivity index (χ1) is 6.27.